The van der Waals surface area contributed by atoms with Gasteiger partial charge in [0.2, 0.25) is 11.9 Å². The highest BCUT2D eigenvalue weighted by molar-refractivity contribution is 7.13. The largest absolute Gasteiger partial charge is 0.348 e. The van der Waals surface area contributed by atoms with Crippen LogP contribution in [0.4, 0.5) is 16.3 Å². The van der Waals surface area contributed by atoms with Crippen molar-refractivity contribution in [1.29, 1.82) is 0 Å². The van der Waals surface area contributed by atoms with Crippen molar-refractivity contribution in [3.8, 4) is 10.7 Å². The molecule has 4 heterocycles. The molecule has 1 N–H and O–H groups in total. The highest BCUT2D eigenvalue weighted by atomic mass is 32.1. The number of nitrogens with zero attached hydrogens (tertiary/aromatic N) is 8. The number of thiazole rings is 1. The molecule has 5 rings (SSSR count). The minimum Gasteiger partial charge on any atom is -0.348 e. The second kappa shape index (κ2) is 9.07. The fourth-order valence-electron chi connectivity index (χ4n) is 3.82. The molecule has 170 valence electrons. The predicted molar refractivity (Wildman–Crippen MR) is 123 cm³/mol. The van der Waals surface area contributed by atoms with E-state index >= 15 is 0 Å². The highest BCUT2D eigenvalue weighted by Crippen LogP contribution is 2.38. The van der Waals surface area contributed by atoms with Gasteiger partial charge in [-0.3, -0.25) is 9.58 Å². The van der Waals surface area contributed by atoms with E-state index in [9.17, 15) is 4.39 Å². The van der Waals surface area contributed by atoms with Gasteiger partial charge in [-0.2, -0.15) is 20.1 Å². The Labute approximate surface area is 190 Å². The van der Waals surface area contributed by atoms with Gasteiger partial charge in [-0.05, 0) is 25.8 Å². The van der Waals surface area contributed by atoms with Crippen LogP contribution in [0.25, 0.3) is 10.7 Å². The van der Waals surface area contributed by atoms with Crippen molar-refractivity contribution in [2.24, 2.45) is 7.05 Å². The first-order valence-corrected chi connectivity index (χ1v) is 12.0. The maximum absolute atomic E-state index is 13.3. The molecule has 32 heavy (non-hydrogen) atoms. The third-order valence-corrected chi connectivity index (χ3v) is 6.57. The molecule has 1 saturated heterocycles. The van der Waals surface area contributed by atoms with Crippen LogP contribution >= 0.6 is 11.3 Å². The number of nitrogens with one attached hydrogen (secondary N) is 1. The maximum Gasteiger partial charge on any atom is 0.230 e. The molecule has 2 aliphatic rings. The Hall–Kier alpha value is -2.66. The first-order chi connectivity index (χ1) is 15.5. The van der Waals surface area contributed by atoms with Crippen LogP contribution in [0.2, 0.25) is 0 Å². The number of anilines is 2. The number of piperazine rings is 1. The molecule has 0 radical (unpaired) electrons. The summed E-state index contributed by atoms with van der Waals surface area (Å²) in [4.78, 5) is 23.1. The summed E-state index contributed by atoms with van der Waals surface area (Å²) in [5, 5.41) is 10.7. The van der Waals surface area contributed by atoms with Crippen LogP contribution in [0.15, 0.2) is 17.6 Å². The minimum atomic E-state index is -0.806. The summed E-state index contributed by atoms with van der Waals surface area (Å²) in [6.45, 7) is 5.85. The Balaban J connectivity index is 1.26. The molecule has 1 aliphatic heterocycles. The number of alkyl halides is 1. The molecule has 11 heteroatoms. The molecule has 1 saturated carbocycles. The lowest BCUT2D eigenvalue weighted by Gasteiger charge is -2.35. The van der Waals surface area contributed by atoms with E-state index in [1.54, 1.807) is 22.9 Å². The Kier molecular flexibility index (Phi) is 6.01. The number of hydrogen-bond donors (Lipinski definition) is 1. The van der Waals surface area contributed by atoms with Crippen LogP contribution in [0, 0.1) is 0 Å². The SMILES string of the molecule is CC(F)CN1CCN(c2nc(NCc3csc(-c4ccn(C)n4)n3)nc(C3CC3)n2)CC1. The van der Waals surface area contributed by atoms with Gasteiger partial charge in [-0.15, -0.1) is 11.3 Å². The monoisotopic (exact) mass is 457 g/mol. The fraction of sp³-hybridized carbons (Fsp3) is 0.571. The molecule has 1 aliphatic carbocycles. The first kappa shape index (κ1) is 21.2. The first-order valence-electron chi connectivity index (χ1n) is 11.1. The summed E-state index contributed by atoms with van der Waals surface area (Å²) in [5.74, 6) is 2.60. The average molecular weight is 458 g/mol. The Morgan fingerprint density at radius 1 is 1.16 bits per heavy atom. The third-order valence-electron chi connectivity index (χ3n) is 5.66. The molecular weight excluding hydrogens is 429 g/mol. The van der Waals surface area contributed by atoms with Gasteiger partial charge in [0.15, 0.2) is 0 Å². The van der Waals surface area contributed by atoms with E-state index in [1.807, 2.05) is 24.7 Å². The Bertz CT molecular complexity index is 1050. The fourth-order valence-corrected chi connectivity index (χ4v) is 4.60. The van der Waals surface area contributed by atoms with Crippen LogP contribution < -0.4 is 10.2 Å². The van der Waals surface area contributed by atoms with E-state index in [1.165, 1.54) is 0 Å². The Morgan fingerprint density at radius 2 is 1.97 bits per heavy atom. The lowest BCUT2D eigenvalue weighted by atomic mass is 10.3. The van der Waals surface area contributed by atoms with E-state index in [0.29, 0.717) is 30.9 Å². The number of aryl methyl sites for hydroxylation is 1. The van der Waals surface area contributed by atoms with Gasteiger partial charge in [-0.1, -0.05) is 0 Å². The van der Waals surface area contributed by atoms with Gasteiger partial charge in [0.25, 0.3) is 0 Å². The van der Waals surface area contributed by atoms with Crippen LogP contribution in [0.5, 0.6) is 0 Å². The molecule has 0 aromatic carbocycles. The maximum atomic E-state index is 13.3. The van der Waals surface area contributed by atoms with Gasteiger partial charge in [0.05, 0.1) is 12.2 Å². The van der Waals surface area contributed by atoms with Crippen molar-refractivity contribution < 1.29 is 4.39 Å². The molecule has 1 atom stereocenters. The molecule has 0 spiro atoms. The number of aromatic nitrogens is 6. The molecule has 2 fully saturated rings. The normalized spacial score (nSPS) is 18.2. The van der Waals surface area contributed by atoms with Crippen molar-refractivity contribution in [1.82, 2.24) is 34.6 Å². The zero-order valence-electron chi connectivity index (χ0n) is 18.4. The highest BCUT2D eigenvalue weighted by Gasteiger charge is 2.29. The van der Waals surface area contributed by atoms with Crippen molar-refractivity contribution in [2.45, 2.75) is 38.4 Å². The lowest BCUT2D eigenvalue weighted by molar-refractivity contribution is 0.192. The van der Waals surface area contributed by atoms with E-state index in [4.69, 9.17) is 9.97 Å². The minimum absolute atomic E-state index is 0.431. The van der Waals surface area contributed by atoms with E-state index in [-0.39, 0.29) is 0 Å². The molecule has 0 bridgehead atoms. The van der Waals surface area contributed by atoms with Crippen molar-refractivity contribution in [3.63, 3.8) is 0 Å². The Morgan fingerprint density at radius 3 is 2.66 bits per heavy atom. The van der Waals surface area contributed by atoms with E-state index < -0.39 is 6.17 Å². The lowest BCUT2D eigenvalue weighted by Crippen LogP contribution is -2.48. The van der Waals surface area contributed by atoms with Crippen LogP contribution in [0.3, 0.4) is 0 Å². The summed E-state index contributed by atoms with van der Waals surface area (Å²) in [6, 6.07) is 1.96. The predicted octanol–water partition coefficient (Wildman–Crippen LogP) is 2.70. The number of hydrogen-bond acceptors (Lipinski definition) is 9. The third kappa shape index (κ3) is 5.04. The summed E-state index contributed by atoms with van der Waals surface area (Å²) >= 11 is 1.58. The quantitative estimate of drug-likeness (QED) is 0.552. The molecule has 0 amide bonds. The second-order valence-electron chi connectivity index (χ2n) is 8.53. The molecule has 1 unspecified atom stereocenters. The standard InChI is InChI=1S/C21H28FN9S/c1-14(22)12-30-7-9-31(10-8-30)21-26-18(15-3-4-15)25-20(27-21)23-11-16-13-32-19(24-16)17-5-6-29(2)28-17/h5-6,13-15H,3-4,7-12H2,1-2H3,(H,23,25,26,27). The van der Waals surface area contributed by atoms with Gasteiger partial charge >= 0.3 is 0 Å². The number of halogens is 1. The van der Waals surface area contributed by atoms with Crippen LogP contribution in [0.1, 0.15) is 37.2 Å². The topological polar surface area (TPSA) is 87.9 Å². The van der Waals surface area contributed by atoms with Crippen molar-refractivity contribution in [3.05, 3.63) is 29.2 Å². The zero-order chi connectivity index (χ0) is 22.1. The van der Waals surface area contributed by atoms with Gasteiger partial charge in [0, 0.05) is 57.3 Å². The van der Waals surface area contributed by atoms with Gasteiger partial charge < -0.3 is 10.2 Å². The van der Waals surface area contributed by atoms with E-state index in [0.717, 1.165) is 61.2 Å². The molecule has 9 nitrogen and oxygen atoms in total. The van der Waals surface area contributed by atoms with Crippen molar-refractivity contribution >= 4 is 23.2 Å². The van der Waals surface area contributed by atoms with Gasteiger partial charge in [0.1, 0.15) is 22.7 Å². The molecule has 3 aromatic heterocycles. The van der Waals surface area contributed by atoms with Crippen LogP contribution in [-0.2, 0) is 13.6 Å². The average Bonchev–Trinajstić information content (AvgIpc) is 3.37. The van der Waals surface area contributed by atoms with Crippen LogP contribution in [-0.4, -0.2) is 73.5 Å². The van der Waals surface area contributed by atoms with Gasteiger partial charge in [-0.25, -0.2) is 9.37 Å². The molecule has 3 aromatic rings. The molecular formula is C21H28FN9S. The van der Waals surface area contributed by atoms with Crippen molar-refractivity contribution in [2.75, 3.05) is 42.9 Å². The summed E-state index contributed by atoms with van der Waals surface area (Å²) in [7, 11) is 1.90. The number of rotatable bonds is 8. The zero-order valence-corrected chi connectivity index (χ0v) is 19.2. The summed E-state index contributed by atoms with van der Waals surface area (Å²) < 4.78 is 15.1. The summed E-state index contributed by atoms with van der Waals surface area (Å²) in [5.41, 5.74) is 1.81. The smallest absolute Gasteiger partial charge is 0.230 e. The summed E-state index contributed by atoms with van der Waals surface area (Å²) in [6.07, 6.45) is 3.37. The van der Waals surface area contributed by atoms with E-state index in [2.05, 4.69) is 30.2 Å². The second-order valence-corrected chi connectivity index (χ2v) is 9.39.